The van der Waals surface area contributed by atoms with Gasteiger partial charge in [0.1, 0.15) is 17.9 Å². The fourth-order valence-electron chi connectivity index (χ4n) is 2.02. The SMILES string of the molecule is O=[N+]([O-])c1cccc([N+](=O)[O-])c1COS(=O)(=O)Cc1ccccc1. The Balaban J connectivity index is 2.25. The third-order valence-corrected chi connectivity index (χ3v) is 4.25. The van der Waals surface area contributed by atoms with Crippen molar-refractivity contribution in [3.05, 3.63) is 79.9 Å². The highest BCUT2D eigenvalue weighted by molar-refractivity contribution is 7.85. The maximum Gasteiger partial charge on any atom is 0.281 e. The van der Waals surface area contributed by atoms with Gasteiger partial charge in [0, 0.05) is 12.1 Å². The summed E-state index contributed by atoms with van der Waals surface area (Å²) in [6.45, 7) is -0.789. The summed E-state index contributed by atoms with van der Waals surface area (Å²) in [4.78, 5) is 20.3. The van der Waals surface area contributed by atoms with Gasteiger partial charge in [-0.25, -0.2) is 0 Å². The van der Waals surface area contributed by atoms with E-state index in [1.807, 2.05) is 0 Å². The molecule has 0 saturated carbocycles. The predicted molar refractivity (Wildman–Crippen MR) is 83.6 cm³/mol. The highest BCUT2D eigenvalue weighted by Gasteiger charge is 2.26. The minimum Gasteiger partial charge on any atom is -0.264 e. The molecule has 0 bridgehead atoms. The van der Waals surface area contributed by atoms with E-state index in [1.54, 1.807) is 30.3 Å². The first kappa shape index (κ1) is 17.5. The van der Waals surface area contributed by atoms with Crippen molar-refractivity contribution in [2.45, 2.75) is 12.4 Å². The molecule has 2 aromatic carbocycles. The first-order chi connectivity index (χ1) is 11.3. The lowest BCUT2D eigenvalue weighted by molar-refractivity contribution is -0.396. The van der Waals surface area contributed by atoms with Crippen LogP contribution in [0.25, 0.3) is 0 Å². The second-order valence-electron chi connectivity index (χ2n) is 4.74. The molecular weight excluding hydrogens is 340 g/mol. The van der Waals surface area contributed by atoms with Crippen molar-refractivity contribution >= 4 is 21.5 Å². The molecule has 0 aliphatic heterocycles. The van der Waals surface area contributed by atoms with Crippen LogP contribution in [0.4, 0.5) is 11.4 Å². The minimum absolute atomic E-state index is 0.399. The van der Waals surface area contributed by atoms with Crippen LogP contribution in [0.5, 0.6) is 0 Å². The molecule has 2 aromatic rings. The largest absolute Gasteiger partial charge is 0.281 e. The Labute approximate surface area is 136 Å². The van der Waals surface area contributed by atoms with Gasteiger partial charge in [-0.3, -0.25) is 24.4 Å². The van der Waals surface area contributed by atoms with Crippen molar-refractivity contribution in [2.24, 2.45) is 0 Å². The van der Waals surface area contributed by atoms with Crippen LogP contribution in [0.15, 0.2) is 48.5 Å². The predicted octanol–water partition coefficient (Wildman–Crippen LogP) is 2.55. The Kier molecular flexibility index (Phi) is 5.21. The van der Waals surface area contributed by atoms with E-state index in [0.29, 0.717) is 5.56 Å². The smallest absolute Gasteiger partial charge is 0.264 e. The lowest BCUT2D eigenvalue weighted by Crippen LogP contribution is -2.11. The van der Waals surface area contributed by atoms with Crippen LogP contribution < -0.4 is 0 Å². The average molecular weight is 352 g/mol. The van der Waals surface area contributed by atoms with Gasteiger partial charge in [0.05, 0.1) is 9.85 Å². The molecule has 0 spiro atoms. The molecule has 0 heterocycles. The molecule has 0 N–H and O–H groups in total. The summed E-state index contributed by atoms with van der Waals surface area (Å²) in [7, 11) is -4.06. The van der Waals surface area contributed by atoms with Crippen molar-refractivity contribution in [3.63, 3.8) is 0 Å². The molecule has 126 valence electrons. The normalized spacial score (nSPS) is 11.2. The minimum atomic E-state index is -4.06. The quantitative estimate of drug-likeness (QED) is 0.425. The summed E-state index contributed by atoms with van der Waals surface area (Å²) in [6.07, 6.45) is 0. The van der Waals surface area contributed by atoms with Crippen LogP contribution in [0, 0.1) is 20.2 Å². The molecule has 9 nitrogen and oxygen atoms in total. The number of nitro benzene ring substituents is 2. The summed E-state index contributed by atoms with van der Waals surface area (Å²) < 4.78 is 28.7. The Morgan fingerprint density at radius 1 is 0.875 bits per heavy atom. The molecule has 0 radical (unpaired) electrons. The van der Waals surface area contributed by atoms with E-state index in [9.17, 15) is 28.6 Å². The van der Waals surface area contributed by atoms with Crippen LogP contribution in [0.3, 0.4) is 0 Å². The Morgan fingerprint density at radius 2 is 1.42 bits per heavy atom. The van der Waals surface area contributed by atoms with E-state index in [2.05, 4.69) is 0 Å². The van der Waals surface area contributed by atoms with E-state index >= 15 is 0 Å². The fourth-order valence-corrected chi connectivity index (χ4v) is 3.00. The molecule has 24 heavy (non-hydrogen) atoms. The van der Waals surface area contributed by atoms with E-state index < -0.39 is 49.3 Å². The van der Waals surface area contributed by atoms with E-state index in [0.717, 1.165) is 18.2 Å². The fraction of sp³-hybridized carbons (Fsp3) is 0.143. The number of nitro groups is 2. The Morgan fingerprint density at radius 3 is 1.92 bits per heavy atom. The van der Waals surface area contributed by atoms with Crippen LogP contribution in [-0.4, -0.2) is 18.3 Å². The molecule has 10 heteroatoms. The van der Waals surface area contributed by atoms with Gasteiger partial charge in [0.15, 0.2) is 0 Å². The number of hydrogen-bond donors (Lipinski definition) is 0. The molecule has 0 saturated heterocycles. The highest BCUT2D eigenvalue weighted by atomic mass is 32.2. The lowest BCUT2D eigenvalue weighted by atomic mass is 10.1. The molecule has 2 rings (SSSR count). The van der Waals surface area contributed by atoms with Crippen molar-refractivity contribution in [2.75, 3.05) is 0 Å². The second-order valence-corrected chi connectivity index (χ2v) is 6.38. The van der Waals surface area contributed by atoms with Gasteiger partial charge in [0.25, 0.3) is 21.5 Å². The first-order valence-corrected chi connectivity index (χ1v) is 8.19. The molecule has 0 aliphatic carbocycles. The third kappa shape index (κ3) is 4.33. The third-order valence-electron chi connectivity index (χ3n) is 3.09. The zero-order chi connectivity index (χ0) is 17.7. The number of benzene rings is 2. The van der Waals surface area contributed by atoms with E-state index in [1.165, 1.54) is 0 Å². The summed E-state index contributed by atoms with van der Waals surface area (Å²) in [5.41, 5.74) is -1.07. The molecule has 0 aliphatic rings. The lowest BCUT2D eigenvalue weighted by Gasteiger charge is -2.07. The number of rotatable bonds is 7. The number of nitrogens with zero attached hydrogens (tertiary/aromatic N) is 2. The molecule has 0 atom stereocenters. The highest BCUT2D eigenvalue weighted by Crippen LogP contribution is 2.29. The zero-order valence-electron chi connectivity index (χ0n) is 12.2. The van der Waals surface area contributed by atoms with Crippen LogP contribution in [-0.2, 0) is 26.7 Å². The van der Waals surface area contributed by atoms with Crippen molar-refractivity contribution in [3.8, 4) is 0 Å². The molecule has 0 aromatic heterocycles. The standard InChI is InChI=1S/C14H12N2O7S/c17-15(18)13-7-4-8-14(16(19)20)12(13)9-23-24(21,22)10-11-5-2-1-3-6-11/h1-8H,9-10H2. The van der Waals surface area contributed by atoms with Crippen LogP contribution >= 0.6 is 0 Å². The summed E-state index contributed by atoms with van der Waals surface area (Å²) in [5.74, 6) is -0.442. The van der Waals surface area contributed by atoms with Crippen molar-refractivity contribution in [1.82, 2.24) is 0 Å². The van der Waals surface area contributed by atoms with Gasteiger partial charge in [-0.05, 0) is 11.6 Å². The van der Waals surface area contributed by atoms with Gasteiger partial charge >= 0.3 is 0 Å². The molecule has 0 fully saturated rings. The topological polar surface area (TPSA) is 130 Å². The van der Waals surface area contributed by atoms with Gasteiger partial charge < -0.3 is 0 Å². The summed E-state index contributed by atoms with van der Waals surface area (Å²) >= 11 is 0. The summed E-state index contributed by atoms with van der Waals surface area (Å²) in [6, 6.07) is 11.4. The van der Waals surface area contributed by atoms with E-state index in [4.69, 9.17) is 4.18 Å². The number of hydrogen-bond acceptors (Lipinski definition) is 7. The summed E-state index contributed by atoms with van der Waals surface area (Å²) in [5, 5.41) is 22.0. The Bertz CT molecular complexity index is 834. The van der Waals surface area contributed by atoms with Crippen molar-refractivity contribution < 1.29 is 22.4 Å². The Hall–Kier alpha value is -2.85. The molecular formula is C14H12N2O7S. The molecule has 0 amide bonds. The van der Waals surface area contributed by atoms with Crippen LogP contribution in [0.2, 0.25) is 0 Å². The maximum absolute atomic E-state index is 12.0. The zero-order valence-corrected chi connectivity index (χ0v) is 13.0. The van der Waals surface area contributed by atoms with Crippen LogP contribution in [0.1, 0.15) is 11.1 Å². The second kappa shape index (κ2) is 7.15. The van der Waals surface area contributed by atoms with Gasteiger partial charge in [-0.2, -0.15) is 8.42 Å². The van der Waals surface area contributed by atoms with Gasteiger partial charge in [-0.15, -0.1) is 0 Å². The first-order valence-electron chi connectivity index (χ1n) is 6.62. The van der Waals surface area contributed by atoms with E-state index in [-0.39, 0.29) is 0 Å². The van der Waals surface area contributed by atoms with Crippen molar-refractivity contribution in [1.29, 1.82) is 0 Å². The van der Waals surface area contributed by atoms with Gasteiger partial charge in [-0.1, -0.05) is 30.3 Å². The molecule has 0 unspecified atom stereocenters. The maximum atomic E-state index is 12.0. The van der Waals surface area contributed by atoms with Gasteiger partial charge in [0.2, 0.25) is 0 Å². The monoisotopic (exact) mass is 352 g/mol. The average Bonchev–Trinajstić information content (AvgIpc) is 2.53.